The molecular formula is C18H18F3N3S2. The SMILES string of the molecule is CC(C)c1nc(CSc2ncc(-c3ccccc3)n2CC(F)(F)F)cs1. The molecule has 0 aliphatic carbocycles. The van der Waals surface area contributed by atoms with E-state index in [2.05, 4.69) is 23.8 Å². The first kappa shape index (κ1) is 19.0. The fourth-order valence-corrected chi connectivity index (χ4v) is 4.25. The summed E-state index contributed by atoms with van der Waals surface area (Å²) < 4.78 is 40.5. The number of hydrogen-bond acceptors (Lipinski definition) is 4. The first-order valence-electron chi connectivity index (χ1n) is 8.08. The summed E-state index contributed by atoms with van der Waals surface area (Å²) >= 11 is 2.85. The minimum Gasteiger partial charge on any atom is -0.310 e. The number of imidazole rings is 1. The Hall–Kier alpha value is -1.80. The minimum absolute atomic E-state index is 0.343. The van der Waals surface area contributed by atoms with E-state index >= 15 is 0 Å². The van der Waals surface area contributed by atoms with Gasteiger partial charge in [-0.05, 0) is 5.56 Å². The molecule has 26 heavy (non-hydrogen) atoms. The number of alkyl halides is 3. The lowest BCUT2D eigenvalue weighted by molar-refractivity contribution is -0.141. The van der Waals surface area contributed by atoms with Crippen LogP contribution in [0.1, 0.15) is 30.5 Å². The number of aromatic nitrogens is 3. The topological polar surface area (TPSA) is 30.7 Å². The average Bonchev–Trinajstić information content (AvgIpc) is 3.19. The van der Waals surface area contributed by atoms with Crippen LogP contribution < -0.4 is 0 Å². The van der Waals surface area contributed by atoms with Crippen molar-refractivity contribution in [2.24, 2.45) is 0 Å². The third kappa shape index (κ3) is 4.67. The fraction of sp³-hybridized carbons (Fsp3) is 0.333. The highest BCUT2D eigenvalue weighted by atomic mass is 32.2. The Morgan fingerprint density at radius 1 is 1.19 bits per heavy atom. The van der Waals surface area contributed by atoms with Crippen molar-refractivity contribution < 1.29 is 13.2 Å². The van der Waals surface area contributed by atoms with Gasteiger partial charge in [-0.3, -0.25) is 0 Å². The van der Waals surface area contributed by atoms with E-state index in [1.54, 1.807) is 35.6 Å². The summed E-state index contributed by atoms with van der Waals surface area (Å²) in [5.41, 5.74) is 2.05. The van der Waals surface area contributed by atoms with Gasteiger partial charge in [0.1, 0.15) is 6.54 Å². The van der Waals surface area contributed by atoms with Crippen molar-refractivity contribution in [1.82, 2.24) is 14.5 Å². The van der Waals surface area contributed by atoms with Crippen LogP contribution in [0.4, 0.5) is 13.2 Å². The van der Waals surface area contributed by atoms with Crippen LogP contribution in [-0.4, -0.2) is 20.7 Å². The molecule has 2 heterocycles. The lowest BCUT2D eigenvalue weighted by atomic mass is 10.2. The van der Waals surface area contributed by atoms with Gasteiger partial charge in [0.2, 0.25) is 0 Å². The predicted octanol–water partition coefficient (Wildman–Crippen LogP) is 5.98. The summed E-state index contributed by atoms with van der Waals surface area (Å²) in [6.07, 6.45) is -2.81. The molecule has 0 fully saturated rings. The van der Waals surface area contributed by atoms with Crippen LogP contribution in [0.15, 0.2) is 47.1 Å². The third-order valence-corrected chi connectivity index (χ3v) is 5.86. The maximum atomic E-state index is 13.1. The molecule has 2 aromatic heterocycles. The van der Waals surface area contributed by atoms with E-state index in [1.807, 2.05) is 11.4 Å². The molecule has 0 bridgehead atoms. The molecule has 0 saturated heterocycles. The van der Waals surface area contributed by atoms with Crippen LogP contribution in [0.5, 0.6) is 0 Å². The van der Waals surface area contributed by atoms with Gasteiger partial charge in [0, 0.05) is 17.1 Å². The van der Waals surface area contributed by atoms with E-state index in [0.29, 0.717) is 28.1 Å². The monoisotopic (exact) mass is 397 g/mol. The Morgan fingerprint density at radius 2 is 1.92 bits per heavy atom. The second-order valence-electron chi connectivity index (χ2n) is 6.11. The minimum atomic E-state index is -4.31. The molecule has 3 nitrogen and oxygen atoms in total. The zero-order valence-corrected chi connectivity index (χ0v) is 16.0. The molecule has 0 unspecified atom stereocenters. The van der Waals surface area contributed by atoms with E-state index in [-0.39, 0.29) is 0 Å². The molecule has 8 heteroatoms. The fourth-order valence-electron chi connectivity index (χ4n) is 2.44. The molecule has 0 radical (unpaired) electrons. The van der Waals surface area contributed by atoms with E-state index in [4.69, 9.17) is 0 Å². The van der Waals surface area contributed by atoms with Crippen LogP contribution in [0.25, 0.3) is 11.3 Å². The number of halogens is 3. The molecule has 138 valence electrons. The summed E-state index contributed by atoms with van der Waals surface area (Å²) in [6, 6.07) is 9.01. The van der Waals surface area contributed by atoms with Crippen LogP contribution in [0.3, 0.4) is 0 Å². The molecule has 0 spiro atoms. The molecule has 0 amide bonds. The molecule has 0 atom stereocenters. The van der Waals surface area contributed by atoms with Gasteiger partial charge in [0.25, 0.3) is 0 Å². The number of nitrogens with zero attached hydrogens (tertiary/aromatic N) is 3. The zero-order valence-electron chi connectivity index (χ0n) is 14.3. The van der Waals surface area contributed by atoms with Gasteiger partial charge in [-0.1, -0.05) is 55.9 Å². The van der Waals surface area contributed by atoms with E-state index < -0.39 is 12.7 Å². The van der Waals surface area contributed by atoms with Gasteiger partial charge in [0.15, 0.2) is 5.16 Å². The first-order chi connectivity index (χ1) is 12.3. The molecular weight excluding hydrogens is 379 g/mol. The van der Waals surface area contributed by atoms with E-state index in [0.717, 1.165) is 10.7 Å². The van der Waals surface area contributed by atoms with Gasteiger partial charge in [-0.25, -0.2) is 9.97 Å². The lowest BCUT2D eigenvalue weighted by Crippen LogP contribution is -2.19. The lowest BCUT2D eigenvalue weighted by Gasteiger charge is -2.14. The molecule has 3 rings (SSSR count). The standard InChI is InChI=1S/C18H18F3N3S2/c1-12(2)16-23-14(9-25-16)10-26-17-22-8-15(13-6-4-3-5-7-13)24(17)11-18(19,20)21/h3-9,12H,10-11H2,1-2H3. The number of hydrogen-bond donors (Lipinski definition) is 0. The molecule has 3 aromatic rings. The maximum Gasteiger partial charge on any atom is 0.406 e. The van der Waals surface area contributed by atoms with Crippen molar-refractivity contribution in [2.75, 3.05) is 0 Å². The second kappa shape index (κ2) is 7.84. The highest BCUT2D eigenvalue weighted by Gasteiger charge is 2.30. The quantitative estimate of drug-likeness (QED) is 0.479. The van der Waals surface area contributed by atoms with E-state index in [1.165, 1.54) is 22.5 Å². The van der Waals surface area contributed by atoms with Crippen molar-refractivity contribution in [3.8, 4) is 11.3 Å². The molecule has 0 aliphatic rings. The van der Waals surface area contributed by atoms with Crippen LogP contribution in [-0.2, 0) is 12.3 Å². The van der Waals surface area contributed by atoms with Crippen molar-refractivity contribution in [1.29, 1.82) is 0 Å². The van der Waals surface area contributed by atoms with Gasteiger partial charge >= 0.3 is 6.18 Å². The van der Waals surface area contributed by atoms with Crippen LogP contribution >= 0.6 is 23.1 Å². The Morgan fingerprint density at radius 3 is 2.54 bits per heavy atom. The van der Waals surface area contributed by atoms with Crippen molar-refractivity contribution in [3.05, 3.63) is 52.6 Å². The molecule has 0 N–H and O–H groups in total. The van der Waals surface area contributed by atoms with Crippen LogP contribution in [0.2, 0.25) is 0 Å². The highest BCUT2D eigenvalue weighted by Crippen LogP contribution is 2.32. The summed E-state index contributed by atoms with van der Waals surface area (Å²) in [5, 5.41) is 3.33. The summed E-state index contributed by atoms with van der Waals surface area (Å²) in [6.45, 7) is 3.07. The number of rotatable bonds is 6. The Kier molecular flexibility index (Phi) is 5.72. The largest absolute Gasteiger partial charge is 0.406 e. The normalized spacial score (nSPS) is 12.1. The Balaban J connectivity index is 1.85. The second-order valence-corrected chi connectivity index (χ2v) is 7.95. The van der Waals surface area contributed by atoms with Gasteiger partial charge in [0.05, 0.1) is 22.6 Å². The predicted molar refractivity (Wildman–Crippen MR) is 99.5 cm³/mol. The van der Waals surface area contributed by atoms with Gasteiger partial charge in [-0.15, -0.1) is 11.3 Å². The molecule has 1 aromatic carbocycles. The summed E-state index contributed by atoms with van der Waals surface area (Å²) in [7, 11) is 0. The highest BCUT2D eigenvalue weighted by molar-refractivity contribution is 7.98. The van der Waals surface area contributed by atoms with Gasteiger partial charge in [-0.2, -0.15) is 13.2 Å². The Bertz CT molecular complexity index is 854. The van der Waals surface area contributed by atoms with Gasteiger partial charge < -0.3 is 4.57 Å². The zero-order chi connectivity index (χ0) is 18.7. The van der Waals surface area contributed by atoms with E-state index in [9.17, 15) is 13.2 Å². The maximum absolute atomic E-state index is 13.1. The summed E-state index contributed by atoms with van der Waals surface area (Å²) in [5.74, 6) is 0.836. The number of thioether (sulfide) groups is 1. The van der Waals surface area contributed by atoms with Crippen molar-refractivity contribution in [2.45, 2.75) is 43.4 Å². The Labute approximate surface area is 158 Å². The number of benzene rings is 1. The molecule has 0 aliphatic heterocycles. The average molecular weight is 397 g/mol. The van der Waals surface area contributed by atoms with Crippen LogP contribution in [0, 0.1) is 0 Å². The smallest absolute Gasteiger partial charge is 0.310 e. The number of thiazole rings is 1. The molecule has 0 saturated carbocycles. The van der Waals surface area contributed by atoms with Crippen molar-refractivity contribution in [3.63, 3.8) is 0 Å². The summed E-state index contributed by atoms with van der Waals surface area (Å²) in [4.78, 5) is 8.77. The first-order valence-corrected chi connectivity index (χ1v) is 9.95. The van der Waals surface area contributed by atoms with Crippen molar-refractivity contribution >= 4 is 23.1 Å². The third-order valence-electron chi connectivity index (χ3n) is 3.64.